The Hall–Kier alpha value is -6.82. The van der Waals surface area contributed by atoms with Gasteiger partial charge in [0.2, 0.25) is 0 Å². The first kappa shape index (κ1) is 46.6. The molecule has 0 amide bonds. The molecule has 5 aliphatic carbocycles. The predicted molar refractivity (Wildman–Crippen MR) is 271 cm³/mol. The summed E-state index contributed by atoms with van der Waals surface area (Å²) in [5.74, 6) is -1.50. The molecule has 5 N–H and O–H groups in total. The molecule has 6 aromatic rings. The van der Waals surface area contributed by atoms with E-state index in [1.807, 2.05) is 55.6 Å². The first-order valence-corrected chi connectivity index (χ1v) is 25.0. The molecule has 11 heteroatoms. The predicted octanol–water partition coefficient (Wildman–Crippen LogP) is 9.85. The van der Waals surface area contributed by atoms with Crippen LogP contribution in [0.5, 0.6) is 28.7 Å². The molecule has 0 aliphatic heterocycles. The van der Waals surface area contributed by atoms with Crippen LogP contribution in [0.15, 0.2) is 109 Å². The van der Waals surface area contributed by atoms with Gasteiger partial charge in [-0.05, 0) is 184 Å². The number of aromatic hydroxyl groups is 3. The van der Waals surface area contributed by atoms with Gasteiger partial charge < -0.3 is 44.7 Å². The van der Waals surface area contributed by atoms with E-state index in [9.17, 15) is 30.0 Å². The molecule has 0 unspecified atom stereocenters. The molecular formula is C60H61NO10. The van der Waals surface area contributed by atoms with Gasteiger partial charge in [0.15, 0.2) is 23.0 Å². The minimum absolute atomic E-state index is 0.0197. The number of nitrogens with one attached hydrogen (secondary N) is 1. The Kier molecular flexibility index (Phi) is 12.1. The molecule has 71 heavy (non-hydrogen) atoms. The average Bonchev–Trinajstić information content (AvgIpc) is 3.35. The number of aryl methyl sites for hydroxylation is 1. The van der Waals surface area contributed by atoms with Crippen LogP contribution < -0.4 is 14.8 Å². The number of phenolic OH excluding ortho intramolecular Hbond substituents is 3. The van der Waals surface area contributed by atoms with Crippen LogP contribution in [0.4, 0.5) is 0 Å². The lowest BCUT2D eigenvalue weighted by Crippen LogP contribution is -2.63. The zero-order valence-corrected chi connectivity index (χ0v) is 40.6. The number of allylic oxidation sites excluding steroid dienone is 1. The van der Waals surface area contributed by atoms with Crippen molar-refractivity contribution in [3.8, 4) is 39.9 Å². The van der Waals surface area contributed by atoms with Crippen molar-refractivity contribution in [1.82, 2.24) is 5.32 Å². The lowest BCUT2D eigenvalue weighted by Gasteiger charge is -2.66. The van der Waals surface area contributed by atoms with Crippen molar-refractivity contribution in [3.05, 3.63) is 153 Å². The summed E-state index contributed by atoms with van der Waals surface area (Å²) in [5, 5.41) is 51.2. The monoisotopic (exact) mass is 955 g/mol. The number of aliphatic hydroxyl groups is 1. The topological polar surface area (TPSA) is 164 Å². The standard InChI is InChI=1S/C60H61NO10/c1-32(62)70-55-27-43(71-58(67)18-33-12-13-38-20-42(63)25-45(44(38)17-33)37-11-7-8-34(16-37)31-61-2)26-48-46-29-57(69-4)53(65)23-39(46)21-49-52(64)30-50-47-28-54(66)56(68-3)24-40(47)22-51(55)60(50,59(48)49)41-15-14-35-9-5-6-10-36(35)19-41/h5-13,16-17,19-20,23-25,28-29,43,48-52,55,59,61,63-66H,14-15,18,21-22,26-27,30-31H2,1-4H3/t43-,48+,49+,50+,51+,52+,55+,59-,60+/m0/s1. The first-order chi connectivity index (χ1) is 34.4. The van der Waals surface area contributed by atoms with Crippen LogP contribution in [0, 0.1) is 23.2 Å². The average molecular weight is 956 g/mol. The fraction of sp³-hybridized carbons (Fsp3) is 0.367. The third-order valence-corrected chi connectivity index (χ3v) is 16.8. The van der Waals surface area contributed by atoms with Crippen LogP contribution in [0.1, 0.15) is 89.0 Å². The maximum atomic E-state index is 14.7. The maximum Gasteiger partial charge on any atom is 0.310 e. The van der Waals surface area contributed by atoms with Gasteiger partial charge in [-0.2, -0.15) is 0 Å². The second-order valence-corrected chi connectivity index (χ2v) is 20.6. The van der Waals surface area contributed by atoms with Gasteiger partial charge in [-0.1, -0.05) is 66.2 Å². The van der Waals surface area contributed by atoms with E-state index in [-0.39, 0.29) is 59.7 Å². The number of carbonyl (C=O) groups excluding carboxylic acids is 2. The molecule has 9 atom stereocenters. The number of carbonyl (C=O) groups is 2. The molecule has 0 radical (unpaired) electrons. The van der Waals surface area contributed by atoms with E-state index in [1.54, 1.807) is 25.3 Å². The highest BCUT2D eigenvalue weighted by Gasteiger charge is 2.67. The molecule has 11 rings (SSSR count). The lowest BCUT2D eigenvalue weighted by molar-refractivity contribution is -0.177. The number of rotatable bonds is 10. The Morgan fingerprint density at radius 1 is 0.746 bits per heavy atom. The summed E-state index contributed by atoms with van der Waals surface area (Å²) >= 11 is 0. The highest BCUT2D eigenvalue weighted by atomic mass is 16.6. The fourth-order valence-corrected chi connectivity index (χ4v) is 14.3. The van der Waals surface area contributed by atoms with Gasteiger partial charge in [0, 0.05) is 31.2 Å². The molecule has 0 aromatic heterocycles. The van der Waals surface area contributed by atoms with Crippen molar-refractivity contribution < 1.29 is 49.0 Å². The molecule has 11 nitrogen and oxygen atoms in total. The highest BCUT2D eigenvalue weighted by molar-refractivity contribution is 5.98. The smallest absolute Gasteiger partial charge is 0.310 e. The Labute approximate surface area is 414 Å². The van der Waals surface area contributed by atoms with Crippen molar-refractivity contribution in [2.75, 3.05) is 21.3 Å². The van der Waals surface area contributed by atoms with Crippen molar-refractivity contribution in [3.63, 3.8) is 0 Å². The van der Waals surface area contributed by atoms with E-state index in [1.165, 1.54) is 25.2 Å². The second-order valence-electron chi connectivity index (χ2n) is 20.6. The summed E-state index contributed by atoms with van der Waals surface area (Å²) in [4.78, 5) is 28.2. The number of hydrogen-bond acceptors (Lipinski definition) is 11. The van der Waals surface area contributed by atoms with Crippen LogP contribution >= 0.6 is 0 Å². The van der Waals surface area contributed by atoms with Crippen molar-refractivity contribution in [2.45, 2.75) is 95.0 Å². The fourth-order valence-electron chi connectivity index (χ4n) is 14.3. The second kappa shape index (κ2) is 18.4. The summed E-state index contributed by atoms with van der Waals surface area (Å²) in [6.45, 7) is 2.13. The number of benzene rings is 6. The summed E-state index contributed by atoms with van der Waals surface area (Å²) in [5.41, 5.74) is 10.4. The molecule has 2 saturated carbocycles. The Morgan fingerprint density at radius 2 is 1.54 bits per heavy atom. The zero-order valence-electron chi connectivity index (χ0n) is 40.6. The maximum absolute atomic E-state index is 14.7. The zero-order chi connectivity index (χ0) is 49.3. The van der Waals surface area contributed by atoms with E-state index in [0.29, 0.717) is 43.7 Å². The number of phenols is 3. The SMILES string of the molecule is CNCc1cccc(-c2cc(O)cc3ccc(CC(=O)O[C@H]4C[C@@H]5c6cc(OC)c(O)cc6C[C@H]6[C@H]5[C@]5(C7=Cc8ccccc8CC7)[C@H](C[C@H]6O)c6cc(O)c(OC)cc6C[C@@H]5[C@H](OC(C)=O)C4)cc23)c1. The number of methoxy groups -OCH3 is 2. The summed E-state index contributed by atoms with van der Waals surface area (Å²) in [6, 6.07) is 33.4. The van der Waals surface area contributed by atoms with Crippen molar-refractivity contribution >= 4 is 28.8 Å². The quantitative estimate of drug-likeness (QED) is 0.0831. The molecule has 0 bridgehead atoms. The Balaban J connectivity index is 1.06. The molecular weight excluding hydrogens is 895 g/mol. The van der Waals surface area contributed by atoms with Crippen LogP contribution in [0.25, 0.3) is 28.0 Å². The molecule has 0 spiro atoms. The van der Waals surface area contributed by atoms with E-state index >= 15 is 0 Å². The summed E-state index contributed by atoms with van der Waals surface area (Å²) < 4.78 is 24.8. The van der Waals surface area contributed by atoms with E-state index in [2.05, 4.69) is 47.8 Å². The van der Waals surface area contributed by atoms with E-state index in [0.717, 1.165) is 73.7 Å². The number of esters is 2. The van der Waals surface area contributed by atoms with Gasteiger partial charge in [-0.15, -0.1) is 0 Å². The molecule has 2 fully saturated rings. The third-order valence-electron chi connectivity index (χ3n) is 16.8. The molecule has 0 saturated heterocycles. The van der Waals surface area contributed by atoms with Crippen LogP contribution in [0.3, 0.4) is 0 Å². The Morgan fingerprint density at radius 3 is 2.34 bits per heavy atom. The molecule has 366 valence electrons. The van der Waals surface area contributed by atoms with E-state index in [4.69, 9.17) is 18.9 Å². The van der Waals surface area contributed by atoms with Gasteiger partial charge in [0.25, 0.3) is 0 Å². The number of ether oxygens (including phenoxy) is 4. The van der Waals surface area contributed by atoms with Gasteiger partial charge in [-0.25, -0.2) is 0 Å². The number of fused-ring (bicyclic) bond motifs is 6. The van der Waals surface area contributed by atoms with Gasteiger partial charge in [-0.3, -0.25) is 9.59 Å². The number of hydrogen-bond donors (Lipinski definition) is 5. The minimum atomic E-state index is -0.775. The van der Waals surface area contributed by atoms with Crippen LogP contribution in [0.2, 0.25) is 0 Å². The normalized spacial score (nSPS) is 26.0. The minimum Gasteiger partial charge on any atom is -0.508 e. The Bertz CT molecular complexity index is 3120. The lowest BCUT2D eigenvalue weighted by atomic mass is 9.38. The first-order valence-electron chi connectivity index (χ1n) is 25.0. The van der Waals surface area contributed by atoms with E-state index < -0.39 is 35.7 Å². The molecule has 5 aliphatic rings. The van der Waals surface area contributed by atoms with Gasteiger partial charge in [0.1, 0.15) is 18.0 Å². The van der Waals surface area contributed by atoms with Crippen LogP contribution in [-0.4, -0.2) is 71.9 Å². The van der Waals surface area contributed by atoms with Crippen molar-refractivity contribution in [2.24, 2.45) is 23.2 Å². The van der Waals surface area contributed by atoms with Crippen molar-refractivity contribution in [1.29, 1.82) is 0 Å². The molecule has 6 aromatic carbocycles. The highest BCUT2D eigenvalue weighted by Crippen LogP contribution is 2.72. The summed E-state index contributed by atoms with van der Waals surface area (Å²) in [6.07, 6.45) is 3.63. The number of aliphatic hydroxyl groups excluding tert-OH is 1. The molecule has 0 heterocycles. The van der Waals surface area contributed by atoms with Crippen LogP contribution in [-0.2, 0) is 51.3 Å². The summed E-state index contributed by atoms with van der Waals surface area (Å²) in [7, 11) is 4.98. The third kappa shape index (κ3) is 8.07. The largest absolute Gasteiger partial charge is 0.508 e. The van der Waals surface area contributed by atoms with Gasteiger partial charge in [0.05, 0.1) is 26.7 Å². The van der Waals surface area contributed by atoms with Gasteiger partial charge >= 0.3 is 11.9 Å².